The lowest BCUT2D eigenvalue weighted by Crippen LogP contribution is -2.26. The Balaban J connectivity index is 1.69. The minimum atomic E-state index is 0.528. The van der Waals surface area contributed by atoms with E-state index >= 15 is 0 Å². The highest BCUT2D eigenvalue weighted by atomic mass is 16.5. The van der Waals surface area contributed by atoms with Gasteiger partial charge in [-0.3, -0.25) is 0 Å². The van der Waals surface area contributed by atoms with Crippen LogP contribution in [0, 0.1) is 0 Å². The van der Waals surface area contributed by atoms with Crippen molar-refractivity contribution in [3.8, 4) is 5.75 Å². The molecule has 0 atom stereocenters. The third-order valence-corrected chi connectivity index (χ3v) is 4.67. The van der Waals surface area contributed by atoms with E-state index in [9.17, 15) is 0 Å². The minimum Gasteiger partial charge on any atom is -0.492 e. The Morgan fingerprint density at radius 1 is 1.11 bits per heavy atom. The van der Waals surface area contributed by atoms with E-state index in [0.717, 1.165) is 42.3 Å². The Morgan fingerprint density at radius 2 is 1.93 bits per heavy atom. The lowest BCUT2D eigenvalue weighted by atomic mass is 10.0. The van der Waals surface area contributed by atoms with Crippen molar-refractivity contribution < 1.29 is 4.74 Å². The van der Waals surface area contributed by atoms with E-state index in [1.807, 2.05) is 37.3 Å². The third-order valence-electron chi connectivity index (χ3n) is 4.67. The number of nitrogens with zero attached hydrogens (tertiary/aromatic N) is 3. The van der Waals surface area contributed by atoms with Gasteiger partial charge in [0.05, 0.1) is 12.3 Å². The van der Waals surface area contributed by atoms with E-state index in [0.29, 0.717) is 18.1 Å². The first-order chi connectivity index (χ1) is 13.3. The van der Waals surface area contributed by atoms with Crippen molar-refractivity contribution in [2.45, 2.75) is 19.8 Å². The van der Waals surface area contributed by atoms with E-state index in [1.165, 1.54) is 5.56 Å². The summed E-state index contributed by atoms with van der Waals surface area (Å²) in [5.41, 5.74) is 10.3. The van der Waals surface area contributed by atoms with Crippen molar-refractivity contribution in [1.82, 2.24) is 9.97 Å². The molecule has 2 heterocycles. The number of nitrogens with one attached hydrogen (secondary N) is 1. The number of hydrogen-bond acceptors (Lipinski definition) is 6. The highest BCUT2D eigenvalue weighted by Crippen LogP contribution is 2.38. The number of anilines is 5. The lowest BCUT2D eigenvalue weighted by Gasteiger charge is -2.31. The lowest BCUT2D eigenvalue weighted by molar-refractivity contribution is 0.342. The van der Waals surface area contributed by atoms with Gasteiger partial charge in [-0.25, -0.2) is 9.97 Å². The van der Waals surface area contributed by atoms with E-state index in [2.05, 4.69) is 38.4 Å². The molecular formula is C21H23N5O. The van der Waals surface area contributed by atoms with Crippen LogP contribution in [0.1, 0.15) is 18.9 Å². The monoisotopic (exact) mass is 361 g/mol. The van der Waals surface area contributed by atoms with Gasteiger partial charge in [0.2, 0.25) is 0 Å². The fourth-order valence-corrected chi connectivity index (χ4v) is 3.43. The topological polar surface area (TPSA) is 76.3 Å². The molecule has 0 radical (unpaired) electrons. The minimum absolute atomic E-state index is 0.528. The maximum absolute atomic E-state index is 6.47. The highest BCUT2D eigenvalue weighted by Gasteiger charge is 2.22. The first-order valence-corrected chi connectivity index (χ1v) is 9.22. The Morgan fingerprint density at radius 3 is 2.81 bits per heavy atom. The molecule has 27 heavy (non-hydrogen) atoms. The van der Waals surface area contributed by atoms with Crippen LogP contribution < -0.4 is 20.7 Å². The molecule has 3 aromatic rings. The van der Waals surface area contributed by atoms with Crippen LogP contribution in [-0.4, -0.2) is 23.1 Å². The largest absolute Gasteiger partial charge is 0.492 e. The van der Waals surface area contributed by atoms with Gasteiger partial charge in [0.25, 0.3) is 0 Å². The zero-order valence-corrected chi connectivity index (χ0v) is 15.4. The van der Waals surface area contributed by atoms with Crippen LogP contribution in [0.4, 0.5) is 28.7 Å². The number of para-hydroxylation sites is 3. The molecule has 6 nitrogen and oxygen atoms in total. The van der Waals surface area contributed by atoms with Gasteiger partial charge < -0.3 is 20.7 Å². The van der Waals surface area contributed by atoms with E-state index < -0.39 is 0 Å². The molecule has 4 rings (SSSR count). The molecule has 6 heteroatoms. The van der Waals surface area contributed by atoms with Gasteiger partial charge in [-0.1, -0.05) is 30.3 Å². The van der Waals surface area contributed by atoms with Crippen LogP contribution in [0.3, 0.4) is 0 Å². The summed E-state index contributed by atoms with van der Waals surface area (Å²) in [5, 5.41) is 3.30. The number of benzene rings is 2. The number of rotatable bonds is 5. The molecule has 0 unspecified atom stereocenters. The molecule has 0 amide bonds. The van der Waals surface area contributed by atoms with Crippen LogP contribution in [0.15, 0.2) is 54.9 Å². The molecule has 0 fully saturated rings. The summed E-state index contributed by atoms with van der Waals surface area (Å²) in [5.74, 6) is 2.08. The fourth-order valence-electron chi connectivity index (χ4n) is 3.43. The Hall–Kier alpha value is -3.28. The fraction of sp³-hybridized carbons (Fsp3) is 0.238. The van der Waals surface area contributed by atoms with Gasteiger partial charge in [0.1, 0.15) is 17.8 Å². The van der Waals surface area contributed by atoms with Crippen molar-refractivity contribution >= 4 is 28.7 Å². The third kappa shape index (κ3) is 3.38. The van der Waals surface area contributed by atoms with E-state index in [1.54, 1.807) is 6.33 Å². The van der Waals surface area contributed by atoms with E-state index in [4.69, 9.17) is 10.5 Å². The van der Waals surface area contributed by atoms with Crippen LogP contribution in [0.2, 0.25) is 0 Å². The number of aromatic nitrogens is 2. The molecule has 0 spiro atoms. The van der Waals surface area contributed by atoms with Crippen molar-refractivity contribution in [2.75, 3.05) is 29.1 Å². The van der Waals surface area contributed by atoms with Gasteiger partial charge in [0, 0.05) is 12.2 Å². The molecule has 0 saturated carbocycles. The van der Waals surface area contributed by atoms with Gasteiger partial charge in [-0.05, 0) is 43.5 Å². The first kappa shape index (κ1) is 17.1. The second-order valence-electron chi connectivity index (χ2n) is 6.40. The second-order valence-corrected chi connectivity index (χ2v) is 6.40. The van der Waals surface area contributed by atoms with Crippen molar-refractivity contribution in [3.63, 3.8) is 0 Å². The maximum atomic E-state index is 6.47. The summed E-state index contributed by atoms with van der Waals surface area (Å²) in [6.07, 6.45) is 3.69. The molecule has 1 aliphatic rings. The average molecular weight is 361 g/mol. The maximum Gasteiger partial charge on any atom is 0.161 e. The summed E-state index contributed by atoms with van der Waals surface area (Å²) >= 11 is 0. The van der Waals surface area contributed by atoms with Gasteiger partial charge in [0.15, 0.2) is 11.6 Å². The molecule has 0 saturated heterocycles. The van der Waals surface area contributed by atoms with Gasteiger partial charge >= 0.3 is 0 Å². The van der Waals surface area contributed by atoms with Crippen LogP contribution in [0.25, 0.3) is 0 Å². The molecule has 0 aliphatic carbocycles. The molecule has 0 bridgehead atoms. The van der Waals surface area contributed by atoms with Crippen LogP contribution >= 0.6 is 0 Å². The first-order valence-electron chi connectivity index (χ1n) is 9.22. The highest BCUT2D eigenvalue weighted by molar-refractivity contribution is 5.83. The summed E-state index contributed by atoms with van der Waals surface area (Å²) in [4.78, 5) is 11.0. The number of hydrogen-bond donors (Lipinski definition) is 2. The van der Waals surface area contributed by atoms with Crippen LogP contribution in [0.5, 0.6) is 5.75 Å². The Kier molecular flexibility index (Phi) is 4.78. The normalized spacial score (nSPS) is 13.1. The molecule has 138 valence electrons. The summed E-state index contributed by atoms with van der Waals surface area (Å²) < 4.78 is 5.68. The van der Waals surface area contributed by atoms with E-state index in [-0.39, 0.29) is 0 Å². The van der Waals surface area contributed by atoms with Crippen molar-refractivity contribution in [1.29, 1.82) is 0 Å². The number of fused-ring (bicyclic) bond motifs is 1. The Bertz CT molecular complexity index is 943. The summed E-state index contributed by atoms with van der Waals surface area (Å²) in [7, 11) is 0. The SMILES string of the molecule is CCOc1ccccc1Nc1ncnc(N2CCCc3ccccc32)c1N. The predicted octanol–water partition coefficient (Wildman–Crippen LogP) is 4.29. The summed E-state index contributed by atoms with van der Waals surface area (Å²) in [6.45, 7) is 3.43. The number of nitrogen functional groups attached to an aromatic ring is 1. The predicted molar refractivity (Wildman–Crippen MR) is 109 cm³/mol. The molecule has 3 N–H and O–H groups in total. The zero-order chi connectivity index (χ0) is 18.6. The number of aryl methyl sites for hydroxylation is 1. The quantitative estimate of drug-likeness (QED) is 0.706. The van der Waals surface area contributed by atoms with Gasteiger partial charge in [-0.15, -0.1) is 0 Å². The molecular weight excluding hydrogens is 338 g/mol. The molecule has 1 aromatic heterocycles. The Labute approximate surface area is 159 Å². The molecule has 1 aliphatic heterocycles. The molecule has 2 aromatic carbocycles. The van der Waals surface area contributed by atoms with Crippen molar-refractivity contribution in [3.05, 3.63) is 60.4 Å². The average Bonchev–Trinajstić information content (AvgIpc) is 2.71. The van der Waals surface area contributed by atoms with Crippen LogP contribution in [-0.2, 0) is 6.42 Å². The smallest absolute Gasteiger partial charge is 0.161 e. The second kappa shape index (κ2) is 7.53. The van der Waals surface area contributed by atoms with Gasteiger partial charge in [-0.2, -0.15) is 0 Å². The standard InChI is InChI=1S/C21H23N5O/c1-2-27-18-12-6-4-10-16(18)25-20-19(22)21(24-14-23-20)26-13-7-9-15-8-3-5-11-17(15)26/h3-6,8,10-12,14H,2,7,9,13,22H2,1H3,(H,23,24,25). The number of ether oxygens (including phenoxy) is 1. The number of nitrogens with two attached hydrogens (primary N) is 1. The van der Waals surface area contributed by atoms with Crippen molar-refractivity contribution in [2.24, 2.45) is 0 Å². The summed E-state index contributed by atoms with van der Waals surface area (Å²) in [6, 6.07) is 16.2. The zero-order valence-electron chi connectivity index (χ0n) is 15.4.